The molecule has 0 amide bonds. The van der Waals surface area contributed by atoms with Crippen molar-refractivity contribution in [2.45, 2.75) is 10.3 Å². The third-order valence-electron chi connectivity index (χ3n) is 2.82. The predicted octanol–water partition coefficient (Wildman–Crippen LogP) is 2.76. The van der Waals surface area contributed by atoms with Crippen molar-refractivity contribution in [3.63, 3.8) is 0 Å². The average Bonchev–Trinajstić information content (AvgIpc) is 2.93. The summed E-state index contributed by atoms with van der Waals surface area (Å²) in [6.07, 6.45) is -0.923. The van der Waals surface area contributed by atoms with Gasteiger partial charge in [0.15, 0.2) is 0 Å². The second-order valence-corrected chi connectivity index (χ2v) is 7.94. The minimum Gasteiger partial charge on any atom is -0.387 e. The topological polar surface area (TPSA) is 57.6 Å². The zero-order valence-corrected chi connectivity index (χ0v) is 13.1. The van der Waals surface area contributed by atoms with Gasteiger partial charge in [-0.25, -0.2) is 8.42 Å². The number of rotatable bonds is 5. The molecule has 4 nitrogen and oxygen atoms in total. The van der Waals surface area contributed by atoms with E-state index in [1.807, 2.05) is 0 Å². The van der Waals surface area contributed by atoms with Crippen molar-refractivity contribution in [3.05, 3.63) is 52.4 Å². The molecule has 0 fully saturated rings. The van der Waals surface area contributed by atoms with Crippen molar-refractivity contribution in [3.8, 4) is 0 Å². The van der Waals surface area contributed by atoms with Gasteiger partial charge in [0.1, 0.15) is 4.21 Å². The molecule has 0 aliphatic carbocycles. The van der Waals surface area contributed by atoms with E-state index in [4.69, 9.17) is 11.6 Å². The Hall–Kier alpha value is -0.920. The smallest absolute Gasteiger partial charge is 0.252 e. The second kappa shape index (κ2) is 6.24. The molecular weight excluding hydrogens is 318 g/mol. The van der Waals surface area contributed by atoms with Gasteiger partial charge in [-0.15, -0.1) is 11.3 Å². The molecule has 1 aromatic heterocycles. The van der Waals surface area contributed by atoms with Crippen molar-refractivity contribution in [2.24, 2.45) is 0 Å². The van der Waals surface area contributed by atoms with Crippen LogP contribution in [0.15, 0.2) is 46.0 Å². The Labute approximate surface area is 127 Å². The van der Waals surface area contributed by atoms with E-state index in [1.165, 1.54) is 7.05 Å². The van der Waals surface area contributed by atoms with Crippen LogP contribution in [0.2, 0.25) is 5.02 Å². The summed E-state index contributed by atoms with van der Waals surface area (Å²) in [5.74, 6) is 0. The highest BCUT2D eigenvalue weighted by Crippen LogP contribution is 2.23. The van der Waals surface area contributed by atoms with Gasteiger partial charge < -0.3 is 5.11 Å². The van der Waals surface area contributed by atoms with E-state index in [0.717, 1.165) is 15.6 Å². The molecule has 2 rings (SSSR count). The first-order valence-corrected chi connectivity index (χ1v) is 8.54. The highest BCUT2D eigenvalue weighted by molar-refractivity contribution is 7.91. The molecule has 1 heterocycles. The number of aliphatic hydroxyl groups is 1. The van der Waals surface area contributed by atoms with Crippen LogP contribution in [-0.4, -0.2) is 31.4 Å². The van der Waals surface area contributed by atoms with Crippen molar-refractivity contribution in [1.82, 2.24) is 4.31 Å². The van der Waals surface area contributed by atoms with Gasteiger partial charge in [-0.1, -0.05) is 29.8 Å². The molecule has 1 unspecified atom stereocenters. The van der Waals surface area contributed by atoms with E-state index in [1.54, 1.807) is 41.8 Å². The van der Waals surface area contributed by atoms with Crippen LogP contribution in [-0.2, 0) is 10.0 Å². The zero-order chi connectivity index (χ0) is 14.8. The van der Waals surface area contributed by atoms with E-state index in [0.29, 0.717) is 10.6 Å². The van der Waals surface area contributed by atoms with Crippen LogP contribution in [0.25, 0.3) is 0 Å². The van der Waals surface area contributed by atoms with Crippen LogP contribution in [0.3, 0.4) is 0 Å². The molecule has 1 atom stereocenters. The van der Waals surface area contributed by atoms with Gasteiger partial charge in [-0.2, -0.15) is 4.31 Å². The van der Waals surface area contributed by atoms with E-state index in [-0.39, 0.29) is 10.8 Å². The molecule has 0 bridgehead atoms. The Balaban J connectivity index is 2.14. The van der Waals surface area contributed by atoms with Crippen molar-refractivity contribution >= 4 is 33.0 Å². The maximum absolute atomic E-state index is 12.2. The summed E-state index contributed by atoms with van der Waals surface area (Å²) >= 11 is 7.01. The molecule has 1 N–H and O–H groups in total. The SMILES string of the molecule is CN(CC(O)c1cccc(Cl)c1)S(=O)(=O)c1cccs1. The first-order chi connectivity index (χ1) is 9.41. The third-order valence-corrected chi connectivity index (χ3v) is 6.25. The van der Waals surface area contributed by atoms with Gasteiger partial charge in [0.05, 0.1) is 6.10 Å². The molecule has 0 saturated heterocycles. The number of nitrogens with zero attached hydrogens (tertiary/aromatic N) is 1. The van der Waals surface area contributed by atoms with Gasteiger partial charge in [0, 0.05) is 18.6 Å². The van der Waals surface area contributed by atoms with E-state index < -0.39 is 16.1 Å². The minimum atomic E-state index is -3.55. The molecular formula is C13H14ClNO3S2. The Kier molecular flexibility index (Phi) is 4.82. The molecule has 0 spiro atoms. The summed E-state index contributed by atoms with van der Waals surface area (Å²) < 4.78 is 25.9. The zero-order valence-electron chi connectivity index (χ0n) is 10.7. The molecule has 20 heavy (non-hydrogen) atoms. The summed E-state index contributed by atoms with van der Waals surface area (Å²) in [7, 11) is -2.10. The fourth-order valence-corrected chi connectivity index (χ4v) is 4.30. The second-order valence-electron chi connectivity index (χ2n) is 4.29. The molecule has 0 aliphatic heterocycles. The van der Waals surface area contributed by atoms with Gasteiger partial charge >= 0.3 is 0 Å². The number of hydrogen-bond donors (Lipinski definition) is 1. The van der Waals surface area contributed by atoms with Crippen LogP contribution in [0.4, 0.5) is 0 Å². The van der Waals surface area contributed by atoms with Crippen LogP contribution in [0, 0.1) is 0 Å². The number of sulfonamides is 1. The molecule has 108 valence electrons. The van der Waals surface area contributed by atoms with Gasteiger partial charge in [0.2, 0.25) is 0 Å². The first kappa shape index (κ1) is 15.5. The fourth-order valence-electron chi connectivity index (χ4n) is 1.72. The standard InChI is InChI=1S/C13H14ClNO3S2/c1-15(20(17,18)13-6-3-7-19-13)9-12(16)10-4-2-5-11(14)8-10/h2-8,12,16H,9H2,1H3. The van der Waals surface area contributed by atoms with Crippen LogP contribution >= 0.6 is 22.9 Å². The molecule has 0 aliphatic rings. The monoisotopic (exact) mass is 331 g/mol. The molecule has 1 aromatic carbocycles. The number of benzene rings is 1. The Morgan fingerprint density at radius 3 is 2.70 bits per heavy atom. The first-order valence-electron chi connectivity index (χ1n) is 5.84. The van der Waals surface area contributed by atoms with Crippen molar-refractivity contribution < 1.29 is 13.5 Å². The molecule has 2 aromatic rings. The maximum Gasteiger partial charge on any atom is 0.252 e. The van der Waals surface area contributed by atoms with Crippen molar-refractivity contribution in [1.29, 1.82) is 0 Å². The summed E-state index contributed by atoms with van der Waals surface area (Å²) in [6, 6.07) is 9.97. The molecule has 0 radical (unpaired) electrons. The largest absolute Gasteiger partial charge is 0.387 e. The highest BCUT2D eigenvalue weighted by atomic mass is 35.5. The lowest BCUT2D eigenvalue weighted by Gasteiger charge is -2.20. The number of halogens is 1. The van der Waals surface area contributed by atoms with Gasteiger partial charge in [-0.05, 0) is 29.1 Å². The fraction of sp³-hybridized carbons (Fsp3) is 0.231. The van der Waals surface area contributed by atoms with E-state index in [9.17, 15) is 13.5 Å². The predicted molar refractivity (Wildman–Crippen MR) is 80.5 cm³/mol. The Morgan fingerprint density at radius 1 is 1.35 bits per heavy atom. The van der Waals surface area contributed by atoms with Crippen LogP contribution in [0.5, 0.6) is 0 Å². The maximum atomic E-state index is 12.2. The lowest BCUT2D eigenvalue weighted by Crippen LogP contribution is -2.30. The number of thiophene rings is 1. The average molecular weight is 332 g/mol. The normalized spacial score (nSPS) is 13.6. The summed E-state index contributed by atoms with van der Waals surface area (Å²) in [5, 5.41) is 12.3. The lowest BCUT2D eigenvalue weighted by molar-refractivity contribution is 0.155. The minimum absolute atomic E-state index is 0.0272. The number of aliphatic hydroxyl groups excluding tert-OH is 1. The van der Waals surface area contributed by atoms with Gasteiger partial charge in [-0.3, -0.25) is 0 Å². The summed E-state index contributed by atoms with van der Waals surface area (Å²) in [5.41, 5.74) is 0.589. The van der Waals surface area contributed by atoms with E-state index >= 15 is 0 Å². The summed E-state index contributed by atoms with van der Waals surface area (Å²) in [4.78, 5) is 0. The number of likely N-dealkylation sites (N-methyl/N-ethyl adjacent to an activating group) is 1. The Morgan fingerprint density at radius 2 is 2.10 bits per heavy atom. The van der Waals surface area contributed by atoms with E-state index in [2.05, 4.69) is 0 Å². The Bertz CT molecular complexity index is 671. The lowest BCUT2D eigenvalue weighted by atomic mass is 10.1. The van der Waals surface area contributed by atoms with Crippen LogP contribution < -0.4 is 0 Å². The molecule has 7 heteroatoms. The highest BCUT2D eigenvalue weighted by Gasteiger charge is 2.24. The quantitative estimate of drug-likeness (QED) is 0.916. The van der Waals surface area contributed by atoms with Gasteiger partial charge in [0.25, 0.3) is 10.0 Å². The number of hydrogen-bond acceptors (Lipinski definition) is 4. The van der Waals surface area contributed by atoms with Crippen LogP contribution in [0.1, 0.15) is 11.7 Å². The molecule has 0 saturated carbocycles. The third kappa shape index (κ3) is 3.39. The van der Waals surface area contributed by atoms with Crippen molar-refractivity contribution in [2.75, 3.05) is 13.6 Å². The summed E-state index contributed by atoms with van der Waals surface area (Å²) in [6.45, 7) is -0.0272.